The molecule has 6 nitrogen and oxygen atoms in total. The van der Waals surface area contributed by atoms with E-state index in [9.17, 15) is 14.0 Å². The van der Waals surface area contributed by atoms with Gasteiger partial charge >= 0.3 is 5.97 Å². The predicted molar refractivity (Wildman–Crippen MR) is 178 cm³/mol. The Balaban J connectivity index is 1.44. The van der Waals surface area contributed by atoms with E-state index in [-0.39, 0.29) is 31.4 Å². The molecule has 1 aromatic heterocycles. The van der Waals surface area contributed by atoms with Crippen molar-refractivity contribution in [3.63, 3.8) is 0 Å². The number of hydrogen-bond acceptors (Lipinski definition) is 5. The van der Waals surface area contributed by atoms with Crippen molar-refractivity contribution in [2.45, 2.75) is 26.1 Å². The lowest BCUT2D eigenvalue weighted by Gasteiger charge is -2.24. The van der Waals surface area contributed by atoms with Gasteiger partial charge in [-0.1, -0.05) is 91.0 Å². The summed E-state index contributed by atoms with van der Waals surface area (Å²) in [5, 5.41) is 0.790. The van der Waals surface area contributed by atoms with Gasteiger partial charge in [0.15, 0.2) is 5.75 Å². The zero-order chi connectivity index (χ0) is 32.3. The van der Waals surface area contributed by atoms with Crippen LogP contribution in [0.15, 0.2) is 128 Å². The molecule has 6 aromatic rings. The highest BCUT2D eigenvalue weighted by molar-refractivity contribution is 6.12. The molecule has 1 aliphatic heterocycles. The van der Waals surface area contributed by atoms with Gasteiger partial charge in [-0.25, -0.2) is 9.18 Å². The molecule has 0 spiro atoms. The fourth-order valence-corrected chi connectivity index (χ4v) is 6.24. The Morgan fingerprint density at radius 1 is 0.851 bits per heavy atom. The average molecular weight is 623 g/mol. The number of benzene rings is 5. The topological polar surface area (TPSA) is 68.7 Å². The lowest BCUT2D eigenvalue weighted by atomic mass is 9.90. The highest BCUT2D eigenvalue weighted by atomic mass is 19.1. The number of hydrogen-bond donors (Lipinski definition) is 0. The number of pyridine rings is 1. The minimum atomic E-state index is -0.524. The summed E-state index contributed by atoms with van der Waals surface area (Å²) in [5.74, 6) is -0.579. The second-order valence-electron chi connectivity index (χ2n) is 11.4. The van der Waals surface area contributed by atoms with Crippen LogP contribution < -0.4 is 4.74 Å². The molecule has 1 amide bonds. The summed E-state index contributed by atoms with van der Waals surface area (Å²) in [6.07, 6.45) is 1.17. The predicted octanol–water partition coefficient (Wildman–Crippen LogP) is 8.54. The van der Waals surface area contributed by atoms with E-state index in [0.717, 1.165) is 38.8 Å². The SMILES string of the molecule is CCOC(=O)c1cccc(-c2c3c(c(OC(c4ccccc4)c4ccccc4)c4ncccc24)C(=O)N(Cc2ccc(F)cc2)C3)c1. The van der Waals surface area contributed by atoms with Gasteiger partial charge in [-0.15, -0.1) is 0 Å². The molecule has 0 N–H and O–H groups in total. The van der Waals surface area contributed by atoms with E-state index in [0.29, 0.717) is 22.4 Å². The first kappa shape index (κ1) is 29.9. The monoisotopic (exact) mass is 622 g/mol. The van der Waals surface area contributed by atoms with Crippen LogP contribution in [-0.2, 0) is 17.8 Å². The van der Waals surface area contributed by atoms with E-state index in [1.54, 1.807) is 42.3 Å². The number of ether oxygens (including phenoxy) is 2. The molecule has 7 rings (SSSR count). The molecule has 47 heavy (non-hydrogen) atoms. The normalized spacial score (nSPS) is 12.4. The number of halogens is 1. The summed E-state index contributed by atoms with van der Waals surface area (Å²) in [5.41, 5.74) is 6.36. The summed E-state index contributed by atoms with van der Waals surface area (Å²) < 4.78 is 26.0. The third-order valence-corrected chi connectivity index (χ3v) is 8.36. The zero-order valence-electron chi connectivity index (χ0n) is 25.7. The van der Waals surface area contributed by atoms with Crippen molar-refractivity contribution >= 4 is 22.8 Å². The molecule has 7 heteroatoms. The van der Waals surface area contributed by atoms with Gasteiger partial charge < -0.3 is 14.4 Å². The molecular formula is C40H31FN2O4. The van der Waals surface area contributed by atoms with Crippen LogP contribution in [0.25, 0.3) is 22.0 Å². The Morgan fingerprint density at radius 3 is 2.23 bits per heavy atom. The van der Waals surface area contributed by atoms with Gasteiger partial charge in [0.05, 0.1) is 17.7 Å². The van der Waals surface area contributed by atoms with E-state index in [4.69, 9.17) is 14.5 Å². The number of carbonyl (C=O) groups is 2. The van der Waals surface area contributed by atoms with Crippen LogP contribution >= 0.6 is 0 Å². The molecule has 2 heterocycles. The number of fused-ring (bicyclic) bond motifs is 2. The van der Waals surface area contributed by atoms with Crippen LogP contribution in [0.5, 0.6) is 5.75 Å². The number of carbonyl (C=O) groups excluding carboxylic acids is 2. The second-order valence-corrected chi connectivity index (χ2v) is 11.4. The van der Waals surface area contributed by atoms with Crippen molar-refractivity contribution in [1.29, 1.82) is 0 Å². The smallest absolute Gasteiger partial charge is 0.338 e. The molecule has 1 aliphatic rings. The highest BCUT2D eigenvalue weighted by Gasteiger charge is 2.37. The second kappa shape index (κ2) is 12.9. The molecular weight excluding hydrogens is 591 g/mol. The van der Waals surface area contributed by atoms with Crippen LogP contribution in [0, 0.1) is 5.82 Å². The summed E-state index contributed by atoms with van der Waals surface area (Å²) in [7, 11) is 0. The molecule has 5 aromatic carbocycles. The highest BCUT2D eigenvalue weighted by Crippen LogP contribution is 2.46. The molecule has 0 radical (unpaired) electrons. The molecule has 0 saturated carbocycles. The van der Waals surface area contributed by atoms with E-state index < -0.39 is 12.1 Å². The third kappa shape index (κ3) is 5.84. The first-order valence-electron chi connectivity index (χ1n) is 15.5. The van der Waals surface area contributed by atoms with Crippen LogP contribution in [0.1, 0.15) is 56.0 Å². The summed E-state index contributed by atoms with van der Waals surface area (Å²) in [6, 6.07) is 37.0. The number of nitrogens with zero attached hydrogens (tertiary/aromatic N) is 2. The Kier molecular flexibility index (Phi) is 8.19. The molecule has 0 unspecified atom stereocenters. The minimum Gasteiger partial charge on any atom is -0.478 e. The number of rotatable bonds is 9. The zero-order valence-corrected chi connectivity index (χ0v) is 25.7. The lowest BCUT2D eigenvalue weighted by Crippen LogP contribution is -2.23. The fraction of sp³-hybridized carbons (Fsp3) is 0.125. The Morgan fingerprint density at radius 2 is 1.55 bits per heavy atom. The summed E-state index contributed by atoms with van der Waals surface area (Å²) in [6.45, 7) is 2.59. The fourth-order valence-electron chi connectivity index (χ4n) is 6.24. The van der Waals surface area contributed by atoms with Crippen molar-refractivity contribution in [1.82, 2.24) is 9.88 Å². The maximum atomic E-state index is 14.5. The molecule has 232 valence electrons. The van der Waals surface area contributed by atoms with Gasteiger partial charge in [0.1, 0.15) is 17.4 Å². The van der Waals surface area contributed by atoms with Crippen molar-refractivity contribution in [2.24, 2.45) is 0 Å². The quantitative estimate of drug-likeness (QED) is 0.151. The van der Waals surface area contributed by atoms with Crippen LogP contribution in [-0.4, -0.2) is 28.4 Å². The Hall–Kier alpha value is -5.82. The first-order valence-corrected chi connectivity index (χ1v) is 15.5. The standard InChI is InChI=1S/C40H31FN2O4/c1-2-46-40(45)30-16-9-15-29(23-30)34-32-17-10-22-42-36(32)38(47-37(27-11-5-3-6-12-27)28-13-7-4-8-14-28)35-33(34)25-43(39(35)44)24-26-18-20-31(41)21-19-26/h3-23,37H,2,24-25H2,1H3. The van der Waals surface area contributed by atoms with Gasteiger partial charge in [-0.05, 0) is 70.6 Å². The van der Waals surface area contributed by atoms with Crippen molar-refractivity contribution in [3.05, 3.63) is 167 Å². The van der Waals surface area contributed by atoms with Gasteiger partial charge in [-0.3, -0.25) is 9.78 Å². The third-order valence-electron chi connectivity index (χ3n) is 8.36. The molecule has 0 atom stereocenters. The van der Waals surface area contributed by atoms with Crippen LogP contribution in [0.3, 0.4) is 0 Å². The number of esters is 1. The van der Waals surface area contributed by atoms with Crippen molar-refractivity contribution in [3.8, 4) is 16.9 Å². The largest absolute Gasteiger partial charge is 0.478 e. The van der Waals surface area contributed by atoms with Crippen LogP contribution in [0.4, 0.5) is 4.39 Å². The van der Waals surface area contributed by atoms with Gasteiger partial charge in [0.2, 0.25) is 0 Å². The lowest BCUT2D eigenvalue weighted by molar-refractivity contribution is 0.0526. The maximum Gasteiger partial charge on any atom is 0.338 e. The van der Waals surface area contributed by atoms with E-state index in [1.165, 1.54) is 12.1 Å². The maximum absolute atomic E-state index is 14.5. The Bertz CT molecular complexity index is 2040. The van der Waals surface area contributed by atoms with Gasteiger partial charge in [0, 0.05) is 24.7 Å². The molecule has 0 fully saturated rings. The van der Waals surface area contributed by atoms with E-state index in [2.05, 4.69) is 0 Å². The summed E-state index contributed by atoms with van der Waals surface area (Å²) in [4.78, 5) is 33.8. The van der Waals surface area contributed by atoms with Crippen LogP contribution in [0.2, 0.25) is 0 Å². The number of amides is 1. The van der Waals surface area contributed by atoms with E-state index in [1.807, 2.05) is 84.9 Å². The molecule has 0 bridgehead atoms. The van der Waals surface area contributed by atoms with E-state index >= 15 is 0 Å². The molecule has 0 saturated heterocycles. The summed E-state index contributed by atoms with van der Waals surface area (Å²) >= 11 is 0. The minimum absolute atomic E-state index is 0.213. The average Bonchev–Trinajstić information content (AvgIpc) is 3.43. The van der Waals surface area contributed by atoms with Crippen molar-refractivity contribution < 1.29 is 23.5 Å². The first-order chi connectivity index (χ1) is 23.0. The number of aromatic nitrogens is 1. The van der Waals surface area contributed by atoms with Gasteiger partial charge in [-0.2, -0.15) is 0 Å². The van der Waals surface area contributed by atoms with Gasteiger partial charge in [0.25, 0.3) is 5.91 Å². The van der Waals surface area contributed by atoms with Crippen molar-refractivity contribution in [2.75, 3.05) is 6.61 Å². The molecule has 0 aliphatic carbocycles. The Labute approximate surface area is 272 Å².